The lowest BCUT2D eigenvalue weighted by Crippen LogP contribution is -2.13. The van der Waals surface area contributed by atoms with E-state index in [9.17, 15) is 9.18 Å². The van der Waals surface area contributed by atoms with Crippen LogP contribution in [-0.2, 0) is 6.42 Å². The lowest BCUT2D eigenvalue weighted by atomic mass is 10.1. The summed E-state index contributed by atoms with van der Waals surface area (Å²) >= 11 is 5.90. The minimum atomic E-state index is -0.597. The van der Waals surface area contributed by atoms with Crippen molar-refractivity contribution in [3.63, 3.8) is 0 Å². The van der Waals surface area contributed by atoms with Gasteiger partial charge in [0.1, 0.15) is 5.15 Å². The molecule has 0 saturated heterocycles. The summed E-state index contributed by atoms with van der Waals surface area (Å²) < 4.78 is 12.7. The van der Waals surface area contributed by atoms with Crippen LogP contribution in [0.4, 0.5) is 10.1 Å². The smallest absolute Gasteiger partial charge is 0.255 e. The number of nitrogens with zero attached hydrogens (tertiary/aromatic N) is 2. The Balaban J connectivity index is 2.18. The molecule has 0 aromatic carbocycles. The molecule has 0 radical (unpaired) electrons. The van der Waals surface area contributed by atoms with Crippen molar-refractivity contribution >= 4 is 23.2 Å². The fraction of sp³-hybridized carbons (Fsp3) is 0.214. The van der Waals surface area contributed by atoms with E-state index < -0.39 is 5.95 Å². The third-order valence-corrected chi connectivity index (χ3v) is 2.79. The molecule has 0 fully saturated rings. The molecule has 0 aliphatic carbocycles. The summed E-state index contributed by atoms with van der Waals surface area (Å²) in [6.45, 7) is 2.02. The summed E-state index contributed by atoms with van der Waals surface area (Å²) in [5.41, 5.74) is 1.60. The van der Waals surface area contributed by atoms with E-state index in [-0.39, 0.29) is 11.1 Å². The number of hydrogen-bond donors (Lipinski definition) is 1. The van der Waals surface area contributed by atoms with E-state index in [0.717, 1.165) is 18.5 Å². The summed E-state index contributed by atoms with van der Waals surface area (Å²) in [6, 6.07) is 5.81. The molecular formula is C14H13ClFN3O. The van der Waals surface area contributed by atoms with E-state index in [1.165, 1.54) is 24.4 Å². The van der Waals surface area contributed by atoms with Crippen molar-refractivity contribution in [1.82, 2.24) is 9.97 Å². The maximum absolute atomic E-state index is 12.7. The van der Waals surface area contributed by atoms with Crippen LogP contribution in [0.2, 0.25) is 5.15 Å². The number of anilines is 1. The number of carbonyl (C=O) groups is 1. The van der Waals surface area contributed by atoms with Crippen molar-refractivity contribution in [3.05, 3.63) is 52.8 Å². The van der Waals surface area contributed by atoms with Gasteiger partial charge < -0.3 is 5.32 Å². The Labute approximate surface area is 121 Å². The maximum Gasteiger partial charge on any atom is 0.255 e. The predicted molar refractivity (Wildman–Crippen MR) is 75.4 cm³/mol. The van der Waals surface area contributed by atoms with Gasteiger partial charge in [-0.3, -0.25) is 4.79 Å². The molecule has 2 aromatic heterocycles. The number of carbonyl (C=O) groups excluding carboxylic acids is 1. The van der Waals surface area contributed by atoms with E-state index in [4.69, 9.17) is 11.6 Å². The number of aryl methyl sites for hydroxylation is 1. The second kappa shape index (κ2) is 6.43. The van der Waals surface area contributed by atoms with Gasteiger partial charge in [0.25, 0.3) is 5.91 Å². The Hall–Kier alpha value is -2.01. The maximum atomic E-state index is 12.7. The van der Waals surface area contributed by atoms with E-state index in [2.05, 4.69) is 15.3 Å². The first-order chi connectivity index (χ1) is 9.58. The van der Waals surface area contributed by atoms with Crippen molar-refractivity contribution < 1.29 is 9.18 Å². The van der Waals surface area contributed by atoms with Crippen LogP contribution in [0.25, 0.3) is 0 Å². The number of nitrogens with one attached hydrogen (secondary N) is 1. The molecule has 2 aromatic rings. The first kappa shape index (κ1) is 14.4. The molecule has 0 spiro atoms. The molecule has 2 heterocycles. The zero-order chi connectivity index (χ0) is 14.5. The summed E-state index contributed by atoms with van der Waals surface area (Å²) in [7, 11) is 0. The monoisotopic (exact) mass is 293 g/mol. The van der Waals surface area contributed by atoms with E-state index in [1.807, 2.05) is 6.92 Å². The van der Waals surface area contributed by atoms with Gasteiger partial charge in [-0.1, -0.05) is 24.9 Å². The summed E-state index contributed by atoms with van der Waals surface area (Å²) in [5.74, 6) is -0.930. The number of hydrogen-bond acceptors (Lipinski definition) is 3. The lowest BCUT2D eigenvalue weighted by molar-refractivity contribution is 0.102. The van der Waals surface area contributed by atoms with E-state index >= 15 is 0 Å². The number of pyridine rings is 2. The normalized spacial score (nSPS) is 10.3. The lowest BCUT2D eigenvalue weighted by Gasteiger charge is -2.07. The molecule has 0 atom stereocenters. The molecule has 0 saturated carbocycles. The average molecular weight is 294 g/mol. The van der Waals surface area contributed by atoms with Crippen molar-refractivity contribution in [2.45, 2.75) is 19.8 Å². The van der Waals surface area contributed by atoms with Gasteiger partial charge in [0.05, 0.1) is 11.9 Å². The SMILES string of the molecule is CCCc1cc(C(=O)Nc2ccc(F)nc2)cc(Cl)n1. The van der Waals surface area contributed by atoms with Crippen LogP contribution in [0, 0.1) is 5.95 Å². The number of rotatable bonds is 4. The average Bonchev–Trinajstić information content (AvgIpc) is 2.41. The predicted octanol–water partition coefficient (Wildman–Crippen LogP) is 3.47. The van der Waals surface area contributed by atoms with E-state index in [1.54, 1.807) is 6.07 Å². The molecule has 6 heteroatoms. The van der Waals surface area contributed by atoms with Gasteiger partial charge in [0.2, 0.25) is 5.95 Å². The molecule has 0 unspecified atom stereocenters. The van der Waals surface area contributed by atoms with Crippen LogP contribution in [0.5, 0.6) is 0 Å². The molecule has 2 rings (SSSR count). The zero-order valence-corrected chi connectivity index (χ0v) is 11.6. The molecule has 1 N–H and O–H groups in total. The molecular weight excluding hydrogens is 281 g/mol. The highest BCUT2D eigenvalue weighted by Gasteiger charge is 2.10. The molecule has 1 amide bonds. The van der Waals surface area contributed by atoms with Gasteiger partial charge in [-0.05, 0) is 30.7 Å². The molecule has 0 bridgehead atoms. The first-order valence-electron chi connectivity index (χ1n) is 6.18. The van der Waals surface area contributed by atoms with E-state index in [0.29, 0.717) is 11.3 Å². The Morgan fingerprint density at radius 3 is 2.85 bits per heavy atom. The van der Waals surface area contributed by atoms with Gasteiger partial charge in [-0.25, -0.2) is 9.97 Å². The van der Waals surface area contributed by atoms with Crippen LogP contribution in [0.15, 0.2) is 30.5 Å². The van der Waals surface area contributed by atoms with Crippen molar-refractivity contribution in [3.8, 4) is 0 Å². The molecule has 0 aliphatic heterocycles. The van der Waals surface area contributed by atoms with Crippen molar-refractivity contribution in [2.24, 2.45) is 0 Å². The van der Waals surface area contributed by atoms with Crippen LogP contribution >= 0.6 is 11.6 Å². The first-order valence-corrected chi connectivity index (χ1v) is 6.55. The molecule has 4 nitrogen and oxygen atoms in total. The standard InChI is InChI=1S/C14H13ClFN3O/c1-2-3-10-6-9(7-12(15)18-10)14(20)19-11-4-5-13(16)17-8-11/h4-8H,2-3H2,1H3,(H,19,20). The minimum Gasteiger partial charge on any atom is -0.321 e. The van der Waals surface area contributed by atoms with Gasteiger partial charge in [-0.2, -0.15) is 4.39 Å². The van der Waals surface area contributed by atoms with Gasteiger partial charge in [0, 0.05) is 11.3 Å². The Morgan fingerprint density at radius 2 is 2.20 bits per heavy atom. The zero-order valence-electron chi connectivity index (χ0n) is 10.9. The second-order valence-corrected chi connectivity index (χ2v) is 4.63. The van der Waals surface area contributed by atoms with Gasteiger partial charge in [-0.15, -0.1) is 0 Å². The van der Waals surface area contributed by atoms with Crippen LogP contribution in [0.3, 0.4) is 0 Å². The Morgan fingerprint density at radius 1 is 1.40 bits per heavy atom. The van der Waals surface area contributed by atoms with Crippen LogP contribution in [-0.4, -0.2) is 15.9 Å². The Bertz CT molecular complexity index is 616. The molecule has 104 valence electrons. The topological polar surface area (TPSA) is 54.9 Å². The third-order valence-electron chi connectivity index (χ3n) is 2.60. The fourth-order valence-corrected chi connectivity index (χ4v) is 1.95. The van der Waals surface area contributed by atoms with Crippen LogP contribution < -0.4 is 5.32 Å². The number of halogens is 2. The van der Waals surface area contributed by atoms with Gasteiger partial charge in [0.15, 0.2) is 0 Å². The minimum absolute atomic E-state index is 0.276. The highest BCUT2D eigenvalue weighted by atomic mass is 35.5. The van der Waals surface area contributed by atoms with Crippen LogP contribution in [0.1, 0.15) is 29.4 Å². The summed E-state index contributed by atoms with van der Waals surface area (Å²) in [5, 5.41) is 2.90. The number of amides is 1. The Kier molecular flexibility index (Phi) is 4.63. The number of aromatic nitrogens is 2. The van der Waals surface area contributed by atoms with Crippen molar-refractivity contribution in [1.29, 1.82) is 0 Å². The molecule has 0 aliphatic rings. The summed E-state index contributed by atoms with van der Waals surface area (Å²) in [4.78, 5) is 19.7. The highest BCUT2D eigenvalue weighted by molar-refractivity contribution is 6.29. The second-order valence-electron chi connectivity index (χ2n) is 4.24. The highest BCUT2D eigenvalue weighted by Crippen LogP contribution is 2.14. The molecule has 20 heavy (non-hydrogen) atoms. The quantitative estimate of drug-likeness (QED) is 0.878. The van der Waals surface area contributed by atoms with Crippen molar-refractivity contribution in [2.75, 3.05) is 5.32 Å². The summed E-state index contributed by atoms with van der Waals surface area (Å²) in [6.07, 6.45) is 2.91. The fourth-order valence-electron chi connectivity index (χ4n) is 1.72. The third kappa shape index (κ3) is 3.74. The largest absolute Gasteiger partial charge is 0.321 e. The van der Waals surface area contributed by atoms with Gasteiger partial charge >= 0.3 is 0 Å².